The van der Waals surface area contributed by atoms with Crippen LogP contribution in [-0.4, -0.2) is 55.5 Å². The monoisotopic (exact) mass is 433 g/mol. The Hall–Kier alpha value is -3.01. The average Bonchev–Trinajstić information content (AvgIpc) is 3.40. The van der Waals surface area contributed by atoms with Crippen LogP contribution in [0.3, 0.4) is 0 Å². The zero-order valence-electron chi connectivity index (χ0n) is 16.9. The smallest absolute Gasteiger partial charge is 0.328 e. The van der Waals surface area contributed by atoms with Gasteiger partial charge in [0.05, 0.1) is 25.8 Å². The molecule has 3 aliphatic heterocycles. The number of hydrogen-bond donors (Lipinski definition) is 2. The van der Waals surface area contributed by atoms with Crippen molar-refractivity contribution in [3.05, 3.63) is 29.0 Å². The SMILES string of the molecule is COC(=O)[C@@H]1CCCN1C(=O)C1=C(C)NC(=S)NC1c1cc(OC)c2c(c1)OCO2. The molecule has 0 saturated carbocycles. The van der Waals surface area contributed by atoms with Crippen LogP contribution in [0.4, 0.5) is 0 Å². The molecule has 0 aliphatic carbocycles. The maximum atomic E-state index is 13.6. The Morgan fingerprint density at radius 2 is 2.07 bits per heavy atom. The predicted octanol–water partition coefficient (Wildman–Crippen LogP) is 1.38. The van der Waals surface area contributed by atoms with Gasteiger partial charge in [0.25, 0.3) is 5.91 Å². The molecule has 3 heterocycles. The maximum Gasteiger partial charge on any atom is 0.328 e. The number of rotatable bonds is 4. The fourth-order valence-electron chi connectivity index (χ4n) is 4.09. The Kier molecular flexibility index (Phi) is 5.42. The van der Waals surface area contributed by atoms with Crippen molar-refractivity contribution in [3.8, 4) is 17.2 Å². The number of thiocarbonyl (C=S) groups is 1. The Morgan fingerprint density at radius 3 is 2.80 bits per heavy atom. The summed E-state index contributed by atoms with van der Waals surface area (Å²) in [5.74, 6) is 0.909. The summed E-state index contributed by atoms with van der Waals surface area (Å²) in [6, 6.07) is 2.46. The van der Waals surface area contributed by atoms with Gasteiger partial charge in [-0.2, -0.15) is 0 Å². The van der Waals surface area contributed by atoms with Gasteiger partial charge in [-0.25, -0.2) is 4.79 Å². The minimum atomic E-state index is -0.594. The number of carbonyl (C=O) groups is 2. The summed E-state index contributed by atoms with van der Waals surface area (Å²) in [6.45, 7) is 2.38. The molecule has 30 heavy (non-hydrogen) atoms. The lowest BCUT2D eigenvalue weighted by Crippen LogP contribution is -2.49. The summed E-state index contributed by atoms with van der Waals surface area (Å²) >= 11 is 5.34. The number of carbonyl (C=O) groups excluding carboxylic acids is 2. The van der Waals surface area contributed by atoms with Crippen molar-refractivity contribution in [2.24, 2.45) is 0 Å². The van der Waals surface area contributed by atoms with Gasteiger partial charge < -0.3 is 34.5 Å². The third kappa shape index (κ3) is 3.41. The number of esters is 1. The summed E-state index contributed by atoms with van der Waals surface area (Å²) in [5, 5.41) is 6.59. The molecule has 2 N–H and O–H groups in total. The first-order chi connectivity index (χ1) is 14.4. The second-order valence-electron chi connectivity index (χ2n) is 7.21. The van der Waals surface area contributed by atoms with Gasteiger partial charge in [-0.3, -0.25) is 4.79 Å². The van der Waals surface area contributed by atoms with E-state index in [9.17, 15) is 9.59 Å². The molecule has 1 amide bonds. The van der Waals surface area contributed by atoms with Crippen molar-refractivity contribution < 1.29 is 28.5 Å². The van der Waals surface area contributed by atoms with Gasteiger partial charge in [0, 0.05) is 12.2 Å². The van der Waals surface area contributed by atoms with Crippen molar-refractivity contribution in [1.29, 1.82) is 0 Å². The van der Waals surface area contributed by atoms with E-state index in [1.807, 2.05) is 0 Å². The Morgan fingerprint density at radius 1 is 1.27 bits per heavy atom. The molecule has 9 nitrogen and oxygen atoms in total. The molecule has 2 atom stereocenters. The fraction of sp³-hybridized carbons (Fsp3) is 0.450. The number of nitrogens with zero attached hydrogens (tertiary/aromatic N) is 1. The Balaban J connectivity index is 1.74. The molecule has 0 spiro atoms. The third-order valence-corrected chi connectivity index (χ3v) is 5.72. The standard InChI is InChI=1S/C20H23N3O6S/c1-10-15(18(24)23-6-4-5-12(23)19(25)27-3)16(22-20(30)21-10)11-7-13(26-2)17-14(8-11)28-9-29-17/h7-8,12,16H,4-6,9H2,1-3H3,(H2,21,22,30)/t12-,16?/m0/s1. The van der Waals surface area contributed by atoms with Gasteiger partial charge in [0.1, 0.15) is 6.04 Å². The van der Waals surface area contributed by atoms with E-state index in [1.54, 1.807) is 31.1 Å². The third-order valence-electron chi connectivity index (χ3n) is 5.50. The summed E-state index contributed by atoms with van der Waals surface area (Å²) in [6.07, 6.45) is 1.31. The second kappa shape index (κ2) is 8.02. The van der Waals surface area contributed by atoms with Gasteiger partial charge in [-0.05, 0) is 49.7 Å². The van der Waals surface area contributed by atoms with E-state index in [2.05, 4.69) is 10.6 Å². The molecule has 3 aliphatic rings. The number of benzene rings is 1. The van der Waals surface area contributed by atoms with E-state index in [-0.39, 0.29) is 12.7 Å². The predicted molar refractivity (Wildman–Crippen MR) is 110 cm³/mol. The number of methoxy groups -OCH3 is 2. The molecule has 10 heteroatoms. The maximum absolute atomic E-state index is 13.6. The van der Waals surface area contributed by atoms with E-state index in [0.29, 0.717) is 46.6 Å². The number of nitrogens with one attached hydrogen (secondary N) is 2. The second-order valence-corrected chi connectivity index (χ2v) is 7.62. The van der Waals surface area contributed by atoms with Crippen molar-refractivity contribution in [2.75, 3.05) is 27.6 Å². The number of allylic oxidation sites excluding steroid dienone is 1. The van der Waals surface area contributed by atoms with Gasteiger partial charge in [0.2, 0.25) is 12.5 Å². The van der Waals surface area contributed by atoms with E-state index in [1.165, 1.54) is 7.11 Å². The van der Waals surface area contributed by atoms with Crippen LogP contribution in [0, 0.1) is 0 Å². The van der Waals surface area contributed by atoms with Gasteiger partial charge in [-0.15, -0.1) is 0 Å². The molecule has 1 fully saturated rings. The van der Waals surface area contributed by atoms with Gasteiger partial charge in [-0.1, -0.05) is 0 Å². The number of likely N-dealkylation sites (tertiary alicyclic amines) is 1. The van der Waals surface area contributed by atoms with Crippen molar-refractivity contribution in [2.45, 2.75) is 31.8 Å². The Bertz CT molecular complexity index is 947. The summed E-state index contributed by atoms with van der Waals surface area (Å²) < 4.78 is 21.3. The van der Waals surface area contributed by atoms with Crippen LogP contribution >= 0.6 is 12.2 Å². The van der Waals surface area contributed by atoms with E-state index in [0.717, 1.165) is 12.0 Å². The highest BCUT2D eigenvalue weighted by Crippen LogP contribution is 2.44. The molecule has 160 valence electrons. The van der Waals surface area contributed by atoms with Crippen LogP contribution in [-0.2, 0) is 14.3 Å². The number of fused-ring (bicyclic) bond motifs is 1. The van der Waals surface area contributed by atoms with Crippen LogP contribution in [0.1, 0.15) is 31.4 Å². The van der Waals surface area contributed by atoms with Gasteiger partial charge >= 0.3 is 5.97 Å². The molecular weight excluding hydrogens is 410 g/mol. The quantitative estimate of drug-likeness (QED) is 0.539. The Labute approximate surface area is 179 Å². The normalized spacial score (nSPS) is 22.5. The van der Waals surface area contributed by atoms with Crippen molar-refractivity contribution in [3.63, 3.8) is 0 Å². The highest BCUT2D eigenvalue weighted by Gasteiger charge is 2.40. The molecule has 4 rings (SSSR count). The van der Waals surface area contributed by atoms with Crippen LogP contribution in [0.15, 0.2) is 23.4 Å². The fourth-order valence-corrected chi connectivity index (χ4v) is 4.36. The number of ether oxygens (including phenoxy) is 4. The van der Waals surface area contributed by atoms with E-state index in [4.69, 9.17) is 31.2 Å². The van der Waals surface area contributed by atoms with Gasteiger partial charge in [0.15, 0.2) is 16.6 Å². The molecule has 0 aromatic heterocycles. The van der Waals surface area contributed by atoms with Crippen molar-refractivity contribution in [1.82, 2.24) is 15.5 Å². The highest BCUT2D eigenvalue weighted by molar-refractivity contribution is 7.80. The minimum Gasteiger partial charge on any atom is -0.493 e. The largest absolute Gasteiger partial charge is 0.493 e. The average molecular weight is 433 g/mol. The molecule has 0 radical (unpaired) electrons. The number of amides is 1. The highest BCUT2D eigenvalue weighted by atomic mass is 32.1. The first-order valence-electron chi connectivity index (χ1n) is 9.59. The first kappa shape index (κ1) is 20.3. The van der Waals surface area contributed by atoms with Crippen molar-refractivity contribution >= 4 is 29.2 Å². The molecule has 0 bridgehead atoms. The molecule has 1 aromatic rings. The number of hydrogen-bond acceptors (Lipinski definition) is 7. The van der Waals surface area contributed by atoms with Crippen LogP contribution in [0.2, 0.25) is 0 Å². The molecule has 1 unspecified atom stereocenters. The minimum absolute atomic E-state index is 0.0997. The van der Waals surface area contributed by atoms with Crippen LogP contribution < -0.4 is 24.8 Å². The first-order valence-corrected chi connectivity index (χ1v) is 10.00. The van der Waals surface area contributed by atoms with E-state index >= 15 is 0 Å². The zero-order valence-corrected chi connectivity index (χ0v) is 17.8. The summed E-state index contributed by atoms with van der Waals surface area (Å²) in [7, 11) is 2.87. The van der Waals surface area contributed by atoms with E-state index < -0.39 is 18.1 Å². The summed E-state index contributed by atoms with van der Waals surface area (Å²) in [4.78, 5) is 27.3. The molecule has 1 aromatic carbocycles. The lowest BCUT2D eigenvalue weighted by molar-refractivity contribution is -0.149. The zero-order chi connectivity index (χ0) is 21.4. The molecular formula is C20H23N3O6S. The summed E-state index contributed by atoms with van der Waals surface area (Å²) in [5.41, 5.74) is 1.83. The van der Waals surface area contributed by atoms with Crippen LogP contribution in [0.5, 0.6) is 17.2 Å². The lowest BCUT2D eigenvalue weighted by atomic mass is 9.93. The lowest BCUT2D eigenvalue weighted by Gasteiger charge is -2.33. The molecule has 1 saturated heterocycles. The van der Waals surface area contributed by atoms with Crippen LogP contribution in [0.25, 0.3) is 0 Å². The topological polar surface area (TPSA) is 98.4 Å².